The van der Waals surface area contributed by atoms with E-state index in [9.17, 15) is 13.2 Å². The number of fused-ring (bicyclic) bond motifs is 1. The maximum absolute atomic E-state index is 12.6. The topological polar surface area (TPSA) is 82.6 Å². The van der Waals surface area contributed by atoms with Gasteiger partial charge in [-0.2, -0.15) is 0 Å². The molecule has 0 aliphatic carbocycles. The van der Waals surface area contributed by atoms with E-state index < -0.39 is 10.0 Å². The number of aryl methyl sites for hydroxylation is 1. The molecule has 2 heterocycles. The van der Waals surface area contributed by atoms with Gasteiger partial charge in [0.05, 0.1) is 11.9 Å². The van der Waals surface area contributed by atoms with Gasteiger partial charge in [-0.15, -0.1) is 0 Å². The van der Waals surface area contributed by atoms with Crippen LogP contribution in [0.2, 0.25) is 0 Å². The van der Waals surface area contributed by atoms with E-state index >= 15 is 0 Å². The van der Waals surface area contributed by atoms with Crippen molar-refractivity contribution in [2.24, 2.45) is 0 Å². The van der Waals surface area contributed by atoms with Crippen LogP contribution >= 0.6 is 0 Å². The molecule has 0 unspecified atom stereocenters. The van der Waals surface area contributed by atoms with Crippen LogP contribution in [0.15, 0.2) is 36.5 Å². The summed E-state index contributed by atoms with van der Waals surface area (Å²) in [6.07, 6.45) is 4.43. The van der Waals surface area contributed by atoms with Gasteiger partial charge in [0.1, 0.15) is 5.82 Å². The van der Waals surface area contributed by atoms with Crippen molar-refractivity contribution < 1.29 is 13.2 Å². The number of aromatic nitrogens is 1. The van der Waals surface area contributed by atoms with Crippen molar-refractivity contribution in [2.45, 2.75) is 19.4 Å². The lowest BCUT2D eigenvalue weighted by Crippen LogP contribution is -2.34. The predicted molar refractivity (Wildman–Crippen MR) is 107 cm³/mol. The fraction of sp³-hybridized carbons (Fsp3) is 0.368. The molecule has 1 aromatic carbocycles. The van der Waals surface area contributed by atoms with Crippen LogP contribution in [0.25, 0.3) is 0 Å². The number of hydrogen-bond donors (Lipinski definition) is 1. The average Bonchev–Trinajstić information content (AvgIpc) is 2.64. The van der Waals surface area contributed by atoms with Crippen molar-refractivity contribution in [3.8, 4) is 0 Å². The summed E-state index contributed by atoms with van der Waals surface area (Å²) >= 11 is 0. The number of pyridine rings is 1. The smallest absolute Gasteiger partial charge is 0.251 e. The Hall–Kier alpha value is -2.61. The summed E-state index contributed by atoms with van der Waals surface area (Å²) in [5.41, 5.74) is 3.01. The quantitative estimate of drug-likeness (QED) is 0.844. The van der Waals surface area contributed by atoms with Crippen LogP contribution < -0.4 is 14.5 Å². The second-order valence-electron chi connectivity index (χ2n) is 6.85. The third-order valence-electron chi connectivity index (χ3n) is 4.55. The minimum atomic E-state index is -3.31. The standard InChI is InChI=1S/C19H24N4O3S/c1-22(2)18-16(6-4-10-20-18)13-21-19(24)15-8-9-17-14(12-15)7-5-11-23(17)27(3,25)26/h4,6,8-10,12H,5,7,11,13H2,1-3H3,(H,21,24). The molecule has 0 saturated carbocycles. The van der Waals surface area contributed by atoms with Crippen molar-refractivity contribution in [2.75, 3.05) is 36.1 Å². The highest BCUT2D eigenvalue weighted by Crippen LogP contribution is 2.29. The van der Waals surface area contributed by atoms with Gasteiger partial charge in [0.25, 0.3) is 5.91 Å². The first-order valence-electron chi connectivity index (χ1n) is 8.77. The molecule has 0 saturated heterocycles. The molecule has 1 N–H and O–H groups in total. The molecule has 1 aromatic heterocycles. The number of sulfonamides is 1. The zero-order valence-electron chi connectivity index (χ0n) is 15.8. The number of nitrogens with one attached hydrogen (secondary N) is 1. The zero-order chi connectivity index (χ0) is 19.6. The summed E-state index contributed by atoms with van der Waals surface area (Å²) in [5, 5.41) is 2.92. The van der Waals surface area contributed by atoms with E-state index in [0.717, 1.165) is 29.8 Å². The maximum Gasteiger partial charge on any atom is 0.251 e. The van der Waals surface area contributed by atoms with E-state index in [1.807, 2.05) is 31.1 Å². The van der Waals surface area contributed by atoms with Gasteiger partial charge in [-0.3, -0.25) is 9.10 Å². The number of nitrogens with zero attached hydrogens (tertiary/aromatic N) is 3. The number of rotatable bonds is 5. The molecule has 7 nitrogen and oxygen atoms in total. The van der Waals surface area contributed by atoms with E-state index in [2.05, 4.69) is 10.3 Å². The second-order valence-corrected chi connectivity index (χ2v) is 8.75. The summed E-state index contributed by atoms with van der Waals surface area (Å²) < 4.78 is 25.3. The Bertz CT molecular complexity index is 957. The molecule has 8 heteroatoms. The lowest BCUT2D eigenvalue weighted by molar-refractivity contribution is 0.0951. The van der Waals surface area contributed by atoms with Crippen LogP contribution in [-0.4, -0.2) is 46.2 Å². The van der Waals surface area contributed by atoms with E-state index in [0.29, 0.717) is 24.3 Å². The first-order valence-corrected chi connectivity index (χ1v) is 10.6. The van der Waals surface area contributed by atoms with Crippen molar-refractivity contribution >= 4 is 27.4 Å². The van der Waals surface area contributed by atoms with Crippen LogP contribution in [0.1, 0.15) is 27.9 Å². The molecule has 1 aliphatic rings. The first-order chi connectivity index (χ1) is 12.8. The highest BCUT2D eigenvalue weighted by molar-refractivity contribution is 7.92. The maximum atomic E-state index is 12.6. The van der Waals surface area contributed by atoms with Gasteiger partial charge in [0, 0.05) is 44.5 Å². The zero-order valence-corrected chi connectivity index (χ0v) is 16.6. The van der Waals surface area contributed by atoms with Crippen LogP contribution in [0, 0.1) is 0 Å². The molecule has 144 valence electrons. The average molecular weight is 388 g/mol. The third-order valence-corrected chi connectivity index (χ3v) is 5.73. The molecule has 0 bridgehead atoms. The van der Waals surface area contributed by atoms with Gasteiger partial charge in [0.2, 0.25) is 10.0 Å². The minimum absolute atomic E-state index is 0.192. The Morgan fingerprint density at radius 1 is 1.30 bits per heavy atom. The van der Waals surface area contributed by atoms with E-state index in [4.69, 9.17) is 0 Å². The van der Waals surface area contributed by atoms with E-state index in [1.54, 1.807) is 24.4 Å². The van der Waals surface area contributed by atoms with Crippen molar-refractivity contribution in [1.82, 2.24) is 10.3 Å². The SMILES string of the molecule is CN(C)c1ncccc1CNC(=O)c1ccc2c(c1)CCCN2S(C)(=O)=O. The third kappa shape index (κ3) is 4.21. The molecule has 1 aliphatic heterocycles. The molecule has 0 spiro atoms. The summed E-state index contributed by atoms with van der Waals surface area (Å²) in [7, 11) is 0.504. The van der Waals surface area contributed by atoms with Crippen LogP contribution in [0.4, 0.5) is 11.5 Å². The van der Waals surface area contributed by atoms with Crippen molar-refractivity contribution in [3.63, 3.8) is 0 Å². The number of carbonyl (C=O) groups is 1. The number of benzene rings is 1. The van der Waals surface area contributed by atoms with E-state index in [1.165, 1.54) is 10.6 Å². The Kier molecular flexibility index (Phi) is 5.36. The number of amides is 1. The van der Waals surface area contributed by atoms with Gasteiger partial charge >= 0.3 is 0 Å². The summed E-state index contributed by atoms with van der Waals surface area (Å²) in [4.78, 5) is 18.8. The number of hydrogen-bond acceptors (Lipinski definition) is 5. The number of anilines is 2. The molecule has 1 amide bonds. The largest absolute Gasteiger partial charge is 0.362 e. The molecular weight excluding hydrogens is 364 g/mol. The van der Waals surface area contributed by atoms with Crippen LogP contribution in [-0.2, 0) is 23.0 Å². The Labute approximate surface area is 160 Å². The summed E-state index contributed by atoms with van der Waals surface area (Å²) in [6.45, 7) is 0.846. The van der Waals surface area contributed by atoms with Gasteiger partial charge in [-0.25, -0.2) is 13.4 Å². The first kappa shape index (κ1) is 19.2. The highest BCUT2D eigenvalue weighted by atomic mass is 32.2. The van der Waals surface area contributed by atoms with Gasteiger partial charge < -0.3 is 10.2 Å². The van der Waals surface area contributed by atoms with Crippen molar-refractivity contribution in [1.29, 1.82) is 0 Å². The predicted octanol–water partition coefficient (Wildman–Crippen LogP) is 1.79. The van der Waals surface area contributed by atoms with Gasteiger partial charge in [-0.1, -0.05) is 6.07 Å². The molecule has 27 heavy (non-hydrogen) atoms. The second kappa shape index (κ2) is 7.56. The normalized spacial score (nSPS) is 13.8. The molecule has 3 rings (SSSR count). The molecule has 2 aromatic rings. The summed E-state index contributed by atoms with van der Waals surface area (Å²) in [6, 6.07) is 8.96. The van der Waals surface area contributed by atoms with Crippen LogP contribution in [0.5, 0.6) is 0 Å². The molecule has 0 radical (unpaired) electrons. The molecule has 0 fully saturated rings. The van der Waals surface area contributed by atoms with E-state index in [-0.39, 0.29) is 5.91 Å². The fourth-order valence-electron chi connectivity index (χ4n) is 3.30. The van der Waals surface area contributed by atoms with Crippen molar-refractivity contribution in [3.05, 3.63) is 53.2 Å². The summed E-state index contributed by atoms with van der Waals surface area (Å²) in [5.74, 6) is 0.620. The van der Waals surface area contributed by atoms with Crippen LogP contribution in [0.3, 0.4) is 0 Å². The highest BCUT2D eigenvalue weighted by Gasteiger charge is 2.24. The number of carbonyl (C=O) groups excluding carboxylic acids is 1. The Morgan fingerprint density at radius 3 is 2.78 bits per heavy atom. The lowest BCUT2D eigenvalue weighted by Gasteiger charge is -2.29. The molecule has 0 atom stereocenters. The Morgan fingerprint density at radius 2 is 2.07 bits per heavy atom. The molecular formula is C19H24N4O3S. The minimum Gasteiger partial charge on any atom is -0.362 e. The van der Waals surface area contributed by atoms with Gasteiger partial charge in [0.15, 0.2) is 0 Å². The fourth-order valence-corrected chi connectivity index (χ4v) is 4.29. The van der Waals surface area contributed by atoms with Gasteiger partial charge in [-0.05, 0) is 42.7 Å². The Balaban J connectivity index is 1.77. The lowest BCUT2D eigenvalue weighted by atomic mass is 10.0. The monoisotopic (exact) mass is 388 g/mol.